The normalized spacial score (nSPS) is 13.1. The van der Waals surface area contributed by atoms with Gasteiger partial charge in [0.1, 0.15) is 12.1 Å². The fourth-order valence-corrected chi connectivity index (χ4v) is 4.55. The zero-order valence-electron chi connectivity index (χ0n) is 18.8. The number of aryl methyl sites for hydroxylation is 1. The molecule has 5 rings (SSSR count). The van der Waals surface area contributed by atoms with Crippen LogP contribution >= 0.6 is 0 Å². The topological polar surface area (TPSA) is 107 Å². The number of Topliss-reactive ketones (excluding diaryl/α,β-unsaturated/α-hetero) is 1. The van der Waals surface area contributed by atoms with Crippen molar-refractivity contribution in [2.45, 2.75) is 52.5 Å². The lowest BCUT2D eigenvalue weighted by Crippen LogP contribution is -2.27. The van der Waals surface area contributed by atoms with Crippen molar-refractivity contribution in [3.8, 4) is 0 Å². The van der Waals surface area contributed by atoms with Crippen LogP contribution in [0.25, 0.3) is 22.2 Å². The minimum atomic E-state index is -0.419. The summed E-state index contributed by atoms with van der Waals surface area (Å²) in [6.45, 7) is 5.48. The number of fused-ring (bicyclic) bond motifs is 5. The standard InChI is InChI=1S/C25H24N4O4/c1-13(2)21-18-6-4-5-17(18)20-22-23(33-24(20)28-21)25(32)29(12-26-22)11-19(31)27-16-9-7-15(8-10-16)14(3)30/h7-10,12-13H,4-6,11H2,1-3H3,(H,27,31). The van der Waals surface area contributed by atoms with Gasteiger partial charge in [-0.25, -0.2) is 9.97 Å². The third kappa shape index (κ3) is 3.61. The number of pyridine rings is 1. The van der Waals surface area contributed by atoms with E-state index in [1.54, 1.807) is 24.3 Å². The molecule has 0 saturated carbocycles. The molecule has 4 aromatic rings. The summed E-state index contributed by atoms with van der Waals surface area (Å²) in [5.74, 6) is -0.177. The summed E-state index contributed by atoms with van der Waals surface area (Å²) in [5, 5.41) is 3.55. The van der Waals surface area contributed by atoms with Gasteiger partial charge in [-0.1, -0.05) is 13.8 Å². The van der Waals surface area contributed by atoms with Gasteiger partial charge in [-0.05, 0) is 67.5 Å². The van der Waals surface area contributed by atoms with Crippen LogP contribution in [0.2, 0.25) is 0 Å². The highest BCUT2D eigenvalue weighted by molar-refractivity contribution is 6.03. The highest BCUT2D eigenvalue weighted by atomic mass is 16.3. The van der Waals surface area contributed by atoms with Crippen molar-refractivity contribution in [3.05, 3.63) is 63.3 Å². The number of carbonyl (C=O) groups is 2. The Kier molecular flexibility index (Phi) is 5.08. The Morgan fingerprint density at radius 3 is 2.58 bits per heavy atom. The number of anilines is 1. The minimum absolute atomic E-state index is 0.0507. The van der Waals surface area contributed by atoms with Gasteiger partial charge in [-0.2, -0.15) is 0 Å². The Morgan fingerprint density at radius 1 is 1.15 bits per heavy atom. The lowest BCUT2D eigenvalue weighted by Gasteiger charge is -2.11. The third-order valence-corrected chi connectivity index (χ3v) is 6.13. The van der Waals surface area contributed by atoms with Crippen LogP contribution in [0.15, 0.2) is 39.8 Å². The Hall–Kier alpha value is -3.81. The maximum absolute atomic E-state index is 13.1. The molecular formula is C25H24N4O4. The molecule has 8 nitrogen and oxygen atoms in total. The molecule has 8 heteroatoms. The first kappa shape index (κ1) is 21.1. The molecule has 1 amide bonds. The van der Waals surface area contributed by atoms with Crippen molar-refractivity contribution in [1.82, 2.24) is 14.5 Å². The van der Waals surface area contributed by atoms with Crippen molar-refractivity contribution in [2.75, 3.05) is 5.32 Å². The van der Waals surface area contributed by atoms with Gasteiger partial charge in [0.2, 0.25) is 17.2 Å². The largest absolute Gasteiger partial charge is 0.430 e. The summed E-state index contributed by atoms with van der Waals surface area (Å²) in [6.07, 6.45) is 4.32. The maximum Gasteiger partial charge on any atom is 0.297 e. The molecule has 1 aromatic carbocycles. The van der Waals surface area contributed by atoms with E-state index < -0.39 is 5.56 Å². The van der Waals surface area contributed by atoms with E-state index in [9.17, 15) is 14.4 Å². The van der Waals surface area contributed by atoms with E-state index in [0.717, 1.165) is 30.3 Å². The number of aromatic nitrogens is 3. The van der Waals surface area contributed by atoms with Gasteiger partial charge >= 0.3 is 0 Å². The second kappa shape index (κ2) is 7.95. The van der Waals surface area contributed by atoms with Crippen LogP contribution < -0.4 is 10.9 Å². The Labute approximate surface area is 189 Å². The lowest BCUT2D eigenvalue weighted by atomic mass is 9.99. The smallest absolute Gasteiger partial charge is 0.297 e. The fourth-order valence-electron chi connectivity index (χ4n) is 4.55. The molecule has 0 atom stereocenters. The van der Waals surface area contributed by atoms with Crippen LogP contribution in [0.5, 0.6) is 0 Å². The molecule has 0 bridgehead atoms. The second-order valence-corrected chi connectivity index (χ2v) is 8.78. The molecule has 3 heterocycles. The average Bonchev–Trinajstić information content (AvgIpc) is 3.40. The molecule has 1 N–H and O–H groups in total. The summed E-state index contributed by atoms with van der Waals surface area (Å²) in [4.78, 5) is 46.2. The third-order valence-electron chi connectivity index (χ3n) is 6.13. The van der Waals surface area contributed by atoms with Crippen molar-refractivity contribution >= 4 is 39.6 Å². The van der Waals surface area contributed by atoms with E-state index in [-0.39, 0.29) is 29.7 Å². The van der Waals surface area contributed by atoms with Gasteiger partial charge in [-0.15, -0.1) is 0 Å². The zero-order chi connectivity index (χ0) is 23.3. The summed E-state index contributed by atoms with van der Waals surface area (Å²) in [7, 11) is 0. The predicted octanol–water partition coefficient (Wildman–Crippen LogP) is 3.99. The minimum Gasteiger partial charge on any atom is -0.430 e. The number of rotatable bonds is 5. The quantitative estimate of drug-likeness (QED) is 0.467. The van der Waals surface area contributed by atoms with E-state index in [1.807, 2.05) is 0 Å². The highest BCUT2D eigenvalue weighted by Gasteiger charge is 2.26. The van der Waals surface area contributed by atoms with Crippen LogP contribution in [0, 0.1) is 0 Å². The highest BCUT2D eigenvalue weighted by Crippen LogP contribution is 2.37. The summed E-state index contributed by atoms with van der Waals surface area (Å²) in [5.41, 5.74) is 5.19. The van der Waals surface area contributed by atoms with Gasteiger partial charge in [0.25, 0.3) is 5.56 Å². The molecule has 0 aliphatic heterocycles. The molecule has 0 fully saturated rings. The number of amides is 1. The Morgan fingerprint density at radius 2 is 1.88 bits per heavy atom. The predicted molar refractivity (Wildman–Crippen MR) is 125 cm³/mol. The number of furan rings is 1. The number of ketones is 1. The van der Waals surface area contributed by atoms with Gasteiger partial charge < -0.3 is 9.73 Å². The maximum atomic E-state index is 13.1. The summed E-state index contributed by atoms with van der Waals surface area (Å²) < 4.78 is 7.13. The van der Waals surface area contributed by atoms with E-state index in [2.05, 4.69) is 24.1 Å². The van der Waals surface area contributed by atoms with Crippen LogP contribution in [-0.4, -0.2) is 26.2 Å². The second-order valence-electron chi connectivity index (χ2n) is 8.78. The molecule has 0 radical (unpaired) electrons. The van der Waals surface area contributed by atoms with E-state index >= 15 is 0 Å². The monoisotopic (exact) mass is 444 g/mol. The number of carbonyl (C=O) groups excluding carboxylic acids is 2. The Balaban J connectivity index is 1.48. The molecule has 1 aliphatic rings. The van der Waals surface area contributed by atoms with E-state index in [1.165, 1.54) is 28.9 Å². The Bertz CT molecular complexity index is 1480. The van der Waals surface area contributed by atoms with Crippen molar-refractivity contribution < 1.29 is 14.0 Å². The number of hydrogen-bond donors (Lipinski definition) is 1. The zero-order valence-corrected chi connectivity index (χ0v) is 18.8. The number of benzene rings is 1. The lowest BCUT2D eigenvalue weighted by molar-refractivity contribution is -0.116. The van der Waals surface area contributed by atoms with Crippen molar-refractivity contribution in [3.63, 3.8) is 0 Å². The van der Waals surface area contributed by atoms with Crippen LogP contribution in [-0.2, 0) is 24.2 Å². The average molecular weight is 444 g/mol. The van der Waals surface area contributed by atoms with E-state index in [4.69, 9.17) is 9.40 Å². The molecule has 0 unspecified atom stereocenters. The van der Waals surface area contributed by atoms with Crippen LogP contribution in [0.4, 0.5) is 5.69 Å². The molecule has 1 aliphatic carbocycles. The number of nitrogens with one attached hydrogen (secondary N) is 1. The number of nitrogens with zero attached hydrogens (tertiary/aromatic N) is 3. The van der Waals surface area contributed by atoms with Gasteiger partial charge in [0.05, 0.1) is 17.4 Å². The first-order valence-electron chi connectivity index (χ1n) is 11.1. The first-order chi connectivity index (χ1) is 15.8. The van der Waals surface area contributed by atoms with Crippen molar-refractivity contribution in [2.24, 2.45) is 0 Å². The molecular weight excluding hydrogens is 420 g/mol. The SMILES string of the molecule is CC(=O)c1ccc(NC(=O)Cn2cnc3c(oc4nc(C(C)C)c5c(c43)CCC5)c2=O)cc1. The summed E-state index contributed by atoms with van der Waals surface area (Å²) in [6, 6.07) is 6.58. The first-order valence-corrected chi connectivity index (χ1v) is 11.1. The summed E-state index contributed by atoms with van der Waals surface area (Å²) >= 11 is 0. The molecule has 0 saturated heterocycles. The van der Waals surface area contributed by atoms with Crippen LogP contribution in [0.1, 0.15) is 60.3 Å². The molecule has 0 spiro atoms. The molecule has 3 aromatic heterocycles. The van der Waals surface area contributed by atoms with Gasteiger partial charge in [0, 0.05) is 11.3 Å². The van der Waals surface area contributed by atoms with E-state index in [0.29, 0.717) is 22.5 Å². The fraction of sp³-hybridized carbons (Fsp3) is 0.320. The number of hydrogen-bond acceptors (Lipinski definition) is 6. The van der Waals surface area contributed by atoms with Gasteiger partial charge in [-0.3, -0.25) is 19.0 Å². The molecule has 168 valence electrons. The molecule has 33 heavy (non-hydrogen) atoms. The van der Waals surface area contributed by atoms with Gasteiger partial charge in [0.15, 0.2) is 5.78 Å². The van der Waals surface area contributed by atoms with Crippen LogP contribution in [0.3, 0.4) is 0 Å². The van der Waals surface area contributed by atoms with Crippen molar-refractivity contribution in [1.29, 1.82) is 0 Å².